The van der Waals surface area contributed by atoms with Crippen LogP contribution in [0.15, 0.2) is 54.6 Å². The highest BCUT2D eigenvalue weighted by Gasteiger charge is 2.44. The molecule has 4 heteroatoms. The van der Waals surface area contributed by atoms with Crippen LogP contribution in [0.1, 0.15) is 68.9 Å². The first-order chi connectivity index (χ1) is 16.7. The third-order valence-corrected chi connectivity index (χ3v) is 8.54. The predicted molar refractivity (Wildman–Crippen MR) is 138 cm³/mol. The summed E-state index contributed by atoms with van der Waals surface area (Å²) in [7, 11) is 0. The highest BCUT2D eigenvalue weighted by atomic mass is 16.5. The molecule has 34 heavy (non-hydrogen) atoms. The molecule has 3 aliphatic rings. The van der Waals surface area contributed by atoms with Crippen LogP contribution in [0.25, 0.3) is 0 Å². The van der Waals surface area contributed by atoms with E-state index in [1.54, 1.807) is 0 Å². The summed E-state index contributed by atoms with van der Waals surface area (Å²) in [5.74, 6) is 0.887. The Balaban J connectivity index is 1.19. The molecule has 2 aromatic carbocycles. The number of benzene rings is 2. The smallest absolute Gasteiger partial charge is 0.119 e. The maximum absolute atomic E-state index is 12.0. The van der Waals surface area contributed by atoms with Gasteiger partial charge in [0.2, 0.25) is 0 Å². The molecule has 0 aromatic heterocycles. The minimum atomic E-state index is -0.751. The zero-order valence-corrected chi connectivity index (χ0v) is 20.7. The second-order valence-corrected chi connectivity index (χ2v) is 10.7. The van der Waals surface area contributed by atoms with Crippen molar-refractivity contribution in [3.05, 3.63) is 65.7 Å². The van der Waals surface area contributed by atoms with Gasteiger partial charge in [-0.25, -0.2) is 0 Å². The molecule has 2 heterocycles. The maximum Gasteiger partial charge on any atom is 0.119 e. The van der Waals surface area contributed by atoms with Crippen LogP contribution in [0.2, 0.25) is 0 Å². The Labute approximate surface area is 205 Å². The van der Waals surface area contributed by atoms with Crippen molar-refractivity contribution in [3.8, 4) is 5.75 Å². The van der Waals surface area contributed by atoms with Crippen LogP contribution in [-0.4, -0.2) is 59.8 Å². The standard InChI is InChI=1S/C30H42N2O2/c33-30(26-12-14-28(15-13-26)34-24-18-25-9-3-1-4-10-25)19-6-5-11-29(30)32-22-16-27(17-23-32)31-20-7-2-8-21-31/h1,3-4,9-10,12-15,27,29,33H,2,5-8,11,16-24H2. The molecule has 5 rings (SSSR count). The van der Waals surface area contributed by atoms with Crippen molar-refractivity contribution in [2.75, 3.05) is 32.8 Å². The van der Waals surface area contributed by atoms with Gasteiger partial charge < -0.3 is 14.7 Å². The fraction of sp³-hybridized carbons (Fsp3) is 0.600. The van der Waals surface area contributed by atoms with Crippen molar-refractivity contribution in [1.29, 1.82) is 0 Å². The van der Waals surface area contributed by atoms with Crippen LogP contribution in [0, 0.1) is 0 Å². The Hall–Kier alpha value is -1.88. The molecule has 2 atom stereocenters. The largest absolute Gasteiger partial charge is 0.493 e. The van der Waals surface area contributed by atoms with E-state index in [-0.39, 0.29) is 6.04 Å². The van der Waals surface area contributed by atoms with E-state index in [1.807, 2.05) is 18.2 Å². The Kier molecular flexibility index (Phi) is 7.88. The third kappa shape index (κ3) is 5.50. The predicted octanol–water partition coefficient (Wildman–Crippen LogP) is 5.39. The van der Waals surface area contributed by atoms with Crippen LogP contribution in [0.3, 0.4) is 0 Å². The van der Waals surface area contributed by atoms with Gasteiger partial charge in [0.1, 0.15) is 11.4 Å². The molecule has 3 fully saturated rings. The number of hydrogen-bond acceptors (Lipinski definition) is 4. The number of hydrogen-bond donors (Lipinski definition) is 1. The van der Waals surface area contributed by atoms with Crippen molar-refractivity contribution >= 4 is 0 Å². The fourth-order valence-corrected chi connectivity index (χ4v) is 6.58. The summed E-state index contributed by atoms with van der Waals surface area (Å²) >= 11 is 0. The topological polar surface area (TPSA) is 35.9 Å². The van der Waals surface area contributed by atoms with Crippen LogP contribution in [0.5, 0.6) is 5.75 Å². The van der Waals surface area contributed by atoms with Gasteiger partial charge in [-0.2, -0.15) is 0 Å². The first kappa shape index (κ1) is 23.8. The number of nitrogens with zero attached hydrogens (tertiary/aromatic N) is 2. The Morgan fingerprint density at radius 1 is 0.765 bits per heavy atom. The molecule has 2 unspecified atom stereocenters. The normalized spacial score (nSPS) is 27.5. The van der Waals surface area contributed by atoms with Gasteiger partial charge in [0.25, 0.3) is 0 Å². The van der Waals surface area contributed by atoms with E-state index in [1.165, 1.54) is 57.2 Å². The van der Waals surface area contributed by atoms with Gasteiger partial charge in [0.05, 0.1) is 6.61 Å². The monoisotopic (exact) mass is 462 g/mol. The van der Waals surface area contributed by atoms with Gasteiger partial charge in [-0.15, -0.1) is 0 Å². The van der Waals surface area contributed by atoms with Crippen molar-refractivity contribution in [2.45, 2.75) is 81.9 Å². The van der Waals surface area contributed by atoms with E-state index in [9.17, 15) is 5.11 Å². The molecule has 0 spiro atoms. The van der Waals surface area contributed by atoms with Crippen molar-refractivity contribution < 1.29 is 9.84 Å². The lowest BCUT2D eigenvalue weighted by atomic mass is 9.74. The fourth-order valence-electron chi connectivity index (χ4n) is 6.58. The molecule has 2 saturated heterocycles. The molecular formula is C30H42N2O2. The summed E-state index contributed by atoms with van der Waals surface area (Å²) in [5.41, 5.74) is 1.60. The van der Waals surface area contributed by atoms with E-state index in [0.29, 0.717) is 6.61 Å². The average molecular weight is 463 g/mol. The summed E-state index contributed by atoms with van der Waals surface area (Å²) in [5, 5.41) is 12.0. The molecule has 184 valence electrons. The van der Waals surface area contributed by atoms with Gasteiger partial charge in [-0.3, -0.25) is 4.90 Å². The van der Waals surface area contributed by atoms with Crippen LogP contribution in [-0.2, 0) is 12.0 Å². The third-order valence-electron chi connectivity index (χ3n) is 8.54. The molecule has 0 amide bonds. The quantitative estimate of drug-likeness (QED) is 0.599. The van der Waals surface area contributed by atoms with Crippen molar-refractivity contribution in [1.82, 2.24) is 9.80 Å². The lowest BCUT2D eigenvalue weighted by Gasteiger charge is -2.49. The van der Waals surface area contributed by atoms with Gasteiger partial charge in [-0.05, 0) is 74.9 Å². The van der Waals surface area contributed by atoms with Crippen molar-refractivity contribution in [3.63, 3.8) is 0 Å². The molecule has 0 bridgehead atoms. The number of aliphatic hydroxyl groups is 1. The zero-order valence-electron chi connectivity index (χ0n) is 20.7. The van der Waals surface area contributed by atoms with E-state index < -0.39 is 5.60 Å². The summed E-state index contributed by atoms with van der Waals surface area (Å²) < 4.78 is 6.00. The SMILES string of the molecule is OC1(c2ccc(OCCc3ccccc3)cc2)CCCCC1N1CCC(N2CCCCC2)CC1. The maximum atomic E-state index is 12.0. The summed E-state index contributed by atoms with van der Waals surface area (Å²) in [6.45, 7) is 5.49. The van der Waals surface area contributed by atoms with Crippen LogP contribution in [0.4, 0.5) is 0 Å². The van der Waals surface area contributed by atoms with Gasteiger partial charge >= 0.3 is 0 Å². The molecule has 2 aliphatic heterocycles. The van der Waals surface area contributed by atoms with E-state index in [4.69, 9.17) is 4.74 Å². The molecular weight excluding hydrogens is 420 g/mol. The van der Waals surface area contributed by atoms with Crippen LogP contribution >= 0.6 is 0 Å². The van der Waals surface area contributed by atoms with E-state index in [0.717, 1.165) is 56.1 Å². The molecule has 4 nitrogen and oxygen atoms in total. The zero-order chi connectivity index (χ0) is 23.2. The minimum Gasteiger partial charge on any atom is -0.493 e. The number of piperidine rings is 2. The molecule has 1 saturated carbocycles. The lowest BCUT2D eigenvalue weighted by molar-refractivity contribution is -0.0893. The molecule has 2 aromatic rings. The molecule has 0 radical (unpaired) electrons. The first-order valence-electron chi connectivity index (χ1n) is 13.7. The van der Waals surface area contributed by atoms with Crippen LogP contribution < -0.4 is 4.74 Å². The minimum absolute atomic E-state index is 0.230. The molecule has 1 N–H and O–H groups in total. The number of rotatable bonds is 7. The van der Waals surface area contributed by atoms with Gasteiger partial charge in [0, 0.05) is 31.6 Å². The Morgan fingerprint density at radius 2 is 1.50 bits per heavy atom. The second-order valence-electron chi connectivity index (χ2n) is 10.7. The number of likely N-dealkylation sites (tertiary alicyclic amines) is 2. The molecule has 1 aliphatic carbocycles. The highest BCUT2D eigenvalue weighted by Crippen LogP contribution is 2.41. The second kappa shape index (κ2) is 11.2. The summed E-state index contributed by atoms with van der Waals surface area (Å²) in [6.07, 6.45) is 11.8. The van der Waals surface area contributed by atoms with E-state index >= 15 is 0 Å². The Morgan fingerprint density at radius 3 is 2.24 bits per heavy atom. The summed E-state index contributed by atoms with van der Waals surface area (Å²) in [6, 6.07) is 19.8. The van der Waals surface area contributed by atoms with Gasteiger partial charge in [0.15, 0.2) is 0 Å². The average Bonchev–Trinajstić information content (AvgIpc) is 2.91. The highest BCUT2D eigenvalue weighted by molar-refractivity contribution is 5.32. The van der Waals surface area contributed by atoms with E-state index in [2.05, 4.69) is 46.2 Å². The first-order valence-corrected chi connectivity index (χ1v) is 13.7. The Bertz CT molecular complexity index is 872. The summed E-state index contributed by atoms with van der Waals surface area (Å²) in [4.78, 5) is 5.36. The number of ether oxygens (including phenoxy) is 1. The van der Waals surface area contributed by atoms with Gasteiger partial charge in [-0.1, -0.05) is 61.7 Å². The van der Waals surface area contributed by atoms with Crippen molar-refractivity contribution in [2.24, 2.45) is 0 Å². The lowest BCUT2D eigenvalue weighted by Crippen LogP contribution is -2.56.